The van der Waals surface area contributed by atoms with Gasteiger partial charge in [-0.25, -0.2) is 15.0 Å². The Bertz CT molecular complexity index is 1070. The lowest BCUT2D eigenvalue weighted by Crippen LogP contribution is -2.37. The fraction of sp³-hybridized carbons (Fsp3) is 0.440. The van der Waals surface area contributed by atoms with Crippen molar-refractivity contribution in [2.75, 3.05) is 57.0 Å². The number of carbonyl (C=O) groups excluding carboxylic acids is 1. The summed E-state index contributed by atoms with van der Waals surface area (Å²) in [5, 5.41) is 3.62. The molecule has 34 heavy (non-hydrogen) atoms. The first kappa shape index (κ1) is 24.3. The van der Waals surface area contributed by atoms with Crippen LogP contribution in [0.4, 0.5) is 10.9 Å². The first-order valence-corrected chi connectivity index (χ1v) is 12.5. The van der Waals surface area contributed by atoms with Crippen LogP contribution in [0.5, 0.6) is 0 Å². The van der Waals surface area contributed by atoms with E-state index in [1.807, 2.05) is 25.9 Å². The smallest absolute Gasteiger partial charge is 0.240 e. The van der Waals surface area contributed by atoms with E-state index in [1.54, 1.807) is 12.5 Å². The minimum absolute atomic E-state index is 0.0125. The van der Waals surface area contributed by atoms with Gasteiger partial charge >= 0.3 is 0 Å². The number of nitrogens with one attached hydrogen (secondary N) is 1. The molecular weight excluding hydrogens is 446 g/mol. The van der Waals surface area contributed by atoms with Crippen LogP contribution in [0, 0.1) is 12.8 Å². The number of benzene rings is 1. The highest BCUT2D eigenvalue weighted by Gasteiger charge is 2.25. The summed E-state index contributed by atoms with van der Waals surface area (Å²) in [7, 11) is 3.98. The van der Waals surface area contributed by atoms with Gasteiger partial charge in [-0.15, -0.1) is 11.3 Å². The van der Waals surface area contributed by atoms with Gasteiger partial charge in [0.2, 0.25) is 5.91 Å². The fourth-order valence-corrected chi connectivity index (χ4v) is 5.00. The third-order valence-electron chi connectivity index (χ3n) is 5.91. The highest BCUT2D eigenvalue weighted by atomic mass is 32.1. The van der Waals surface area contributed by atoms with Crippen LogP contribution in [-0.4, -0.2) is 77.5 Å². The van der Waals surface area contributed by atoms with Gasteiger partial charge < -0.3 is 10.2 Å². The van der Waals surface area contributed by atoms with Gasteiger partial charge in [-0.1, -0.05) is 30.3 Å². The Kier molecular flexibility index (Phi) is 8.21. The predicted octanol–water partition coefficient (Wildman–Crippen LogP) is 2.92. The molecule has 1 atom stereocenters. The maximum atomic E-state index is 12.7. The van der Waals surface area contributed by atoms with Crippen molar-refractivity contribution < 1.29 is 4.79 Å². The summed E-state index contributed by atoms with van der Waals surface area (Å²) in [5.41, 5.74) is 2.34. The lowest BCUT2D eigenvalue weighted by molar-refractivity contribution is -0.117. The number of hydrogen-bond acceptors (Lipinski definition) is 8. The number of rotatable bonds is 8. The third-order valence-corrected chi connectivity index (χ3v) is 6.74. The molecule has 1 aliphatic rings. The second kappa shape index (κ2) is 11.5. The quantitative estimate of drug-likeness (QED) is 0.532. The number of thiazole rings is 1. The molecule has 0 saturated carbocycles. The minimum Gasteiger partial charge on any atom is -0.363 e. The first-order valence-electron chi connectivity index (χ1n) is 11.6. The Labute approximate surface area is 205 Å². The molecule has 0 bridgehead atoms. The first-order chi connectivity index (χ1) is 16.4. The van der Waals surface area contributed by atoms with Gasteiger partial charge in [0.25, 0.3) is 0 Å². The van der Waals surface area contributed by atoms with Crippen LogP contribution in [-0.2, 0) is 17.8 Å². The second-order valence-electron chi connectivity index (χ2n) is 9.11. The zero-order chi connectivity index (χ0) is 23.9. The molecule has 180 valence electrons. The second-order valence-corrected chi connectivity index (χ2v) is 10.3. The van der Waals surface area contributed by atoms with E-state index in [0.29, 0.717) is 17.6 Å². The van der Waals surface area contributed by atoms with Crippen LogP contribution in [0.15, 0.2) is 48.9 Å². The average Bonchev–Trinajstić information content (AvgIpc) is 3.12. The van der Waals surface area contributed by atoms with E-state index in [9.17, 15) is 4.79 Å². The SMILES string of the molecule is Cc1cnc(NC(=O)CN2CCN(Cc3ccccc3)C[C@@H](Cc3cc(N(C)C)ncn3)C2)s1. The van der Waals surface area contributed by atoms with Crippen molar-refractivity contribution in [2.45, 2.75) is 19.9 Å². The van der Waals surface area contributed by atoms with Crippen LogP contribution in [0.2, 0.25) is 0 Å². The number of carbonyl (C=O) groups is 1. The van der Waals surface area contributed by atoms with Gasteiger partial charge in [-0.2, -0.15) is 0 Å². The van der Waals surface area contributed by atoms with Crippen molar-refractivity contribution in [2.24, 2.45) is 5.92 Å². The maximum absolute atomic E-state index is 12.7. The summed E-state index contributed by atoms with van der Waals surface area (Å²) in [6, 6.07) is 12.6. The van der Waals surface area contributed by atoms with Crippen molar-refractivity contribution in [3.05, 3.63) is 65.1 Å². The largest absolute Gasteiger partial charge is 0.363 e. The molecule has 9 heteroatoms. The standard InChI is InChI=1S/C25H33N7OS/c1-19-13-26-25(34-19)29-24(33)17-32-10-9-31(14-20-7-5-4-6-8-20)15-21(16-32)11-22-12-23(30(2)3)28-18-27-22/h4-8,12-13,18,21H,9-11,14-17H2,1-3H3,(H,26,29,33)/t21-/m1/s1. The number of amides is 1. The van der Waals surface area contributed by atoms with Crippen molar-refractivity contribution in [1.82, 2.24) is 24.8 Å². The van der Waals surface area contributed by atoms with Gasteiger partial charge in [0.05, 0.1) is 6.54 Å². The van der Waals surface area contributed by atoms with Crippen LogP contribution < -0.4 is 10.2 Å². The van der Waals surface area contributed by atoms with Crippen molar-refractivity contribution >= 4 is 28.2 Å². The number of aromatic nitrogens is 3. The average molecular weight is 480 g/mol. The van der Waals surface area contributed by atoms with E-state index in [-0.39, 0.29) is 5.91 Å². The third kappa shape index (κ3) is 7.06. The summed E-state index contributed by atoms with van der Waals surface area (Å²) in [6.45, 7) is 6.82. The van der Waals surface area contributed by atoms with Crippen LogP contribution >= 0.6 is 11.3 Å². The van der Waals surface area contributed by atoms with E-state index in [1.165, 1.54) is 16.9 Å². The highest BCUT2D eigenvalue weighted by molar-refractivity contribution is 7.15. The number of nitrogens with zero attached hydrogens (tertiary/aromatic N) is 6. The Morgan fingerprint density at radius 1 is 1.12 bits per heavy atom. The van der Waals surface area contributed by atoms with Crippen molar-refractivity contribution in [1.29, 1.82) is 0 Å². The summed E-state index contributed by atoms with van der Waals surface area (Å²) < 4.78 is 0. The topological polar surface area (TPSA) is 77.5 Å². The molecule has 3 heterocycles. The van der Waals surface area contributed by atoms with Crippen LogP contribution in [0.1, 0.15) is 16.1 Å². The summed E-state index contributed by atoms with van der Waals surface area (Å²) in [6.07, 6.45) is 4.27. The molecule has 1 N–H and O–H groups in total. The fourth-order valence-electron chi connectivity index (χ4n) is 4.32. The zero-order valence-electron chi connectivity index (χ0n) is 20.1. The summed E-state index contributed by atoms with van der Waals surface area (Å²) >= 11 is 1.50. The van der Waals surface area contributed by atoms with Crippen molar-refractivity contribution in [3.8, 4) is 0 Å². The number of anilines is 2. The molecule has 1 fully saturated rings. The van der Waals surface area contributed by atoms with Gasteiger partial charge in [-0.3, -0.25) is 14.6 Å². The normalized spacial score (nSPS) is 17.3. The van der Waals surface area contributed by atoms with E-state index in [0.717, 1.165) is 55.5 Å². The highest BCUT2D eigenvalue weighted by Crippen LogP contribution is 2.19. The zero-order valence-corrected chi connectivity index (χ0v) is 21.0. The number of aryl methyl sites for hydroxylation is 1. The Balaban J connectivity index is 1.45. The Morgan fingerprint density at radius 2 is 1.88 bits per heavy atom. The monoisotopic (exact) mass is 479 g/mol. The van der Waals surface area contributed by atoms with E-state index >= 15 is 0 Å². The lowest BCUT2D eigenvalue weighted by atomic mass is 10.0. The Hall–Kier alpha value is -2.88. The molecule has 4 rings (SSSR count). The van der Waals surface area contributed by atoms with Crippen molar-refractivity contribution in [3.63, 3.8) is 0 Å². The van der Waals surface area contributed by atoms with Gasteiger partial charge in [0.15, 0.2) is 5.13 Å². The van der Waals surface area contributed by atoms with Gasteiger partial charge in [0, 0.05) is 69.7 Å². The van der Waals surface area contributed by atoms with E-state index in [4.69, 9.17) is 0 Å². The summed E-state index contributed by atoms with van der Waals surface area (Å²) in [4.78, 5) is 33.7. The molecule has 0 unspecified atom stereocenters. The van der Waals surface area contributed by atoms with Crippen LogP contribution in [0.25, 0.3) is 0 Å². The Morgan fingerprint density at radius 3 is 2.62 bits per heavy atom. The molecule has 1 aliphatic heterocycles. The van der Waals surface area contributed by atoms with E-state index in [2.05, 4.69) is 66.5 Å². The molecule has 1 aromatic carbocycles. The molecule has 1 amide bonds. The molecule has 3 aromatic rings. The molecule has 2 aromatic heterocycles. The summed E-state index contributed by atoms with van der Waals surface area (Å²) in [5.74, 6) is 1.25. The van der Waals surface area contributed by atoms with Crippen LogP contribution in [0.3, 0.4) is 0 Å². The lowest BCUT2D eigenvalue weighted by Gasteiger charge is -2.24. The predicted molar refractivity (Wildman–Crippen MR) is 137 cm³/mol. The molecule has 8 nitrogen and oxygen atoms in total. The van der Waals surface area contributed by atoms with E-state index < -0.39 is 0 Å². The molecule has 0 radical (unpaired) electrons. The van der Waals surface area contributed by atoms with Gasteiger partial charge in [-0.05, 0) is 24.8 Å². The number of hydrogen-bond donors (Lipinski definition) is 1. The molecule has 0 spiro atoms. The molecule has 1 saturated heterocycles. The molecule has 0 aliphatic carbocycles. The van der Waals surface area contributed by atoms with Gasteiger partial charge in [0.1, 0.15) is 12.1 Å². The molecular formula is C25H33N7OS. The minimum atomic E-state index is -0.0125. The maximum Gasteiger partial charge on any atom is 0.240 e.